The van der Waals surface area contributed by atoms with E-state index >= 15 is 0 Å². The van der Waals surface area contributed by atoms with E-state index in [4.69, 9.17) is 19.6 Å². The van der Waals surface area contributed by atoms with Crippen LogP contribution in [0.1, 0.15) is 27.7 Å². The Balaban J connectivity index is 1.39. The molecule has 47 heavy (non-hydrogen) atoms. The number of hydrogen-bond donors (Lipinski definition) is 0. The maximum absolute atomic E-state index is 6.82. The molecule has 0 amide bonds. The van der Waals surface area contributed by atoms with E-state index in [-0.39, 0.29) is 17.9 Å². The zero-order valence-electron chi connectivity index (χ0n) is 27.2. The van der Waals surface area contributed by atoms with Crippen LogP contribution in [-0.2, 0) is 4.65 Å². The summed E-state index contributed by atoms with van der Waals surface area (Å²) >= 11 is 0. The molecule has 0 N–H and O–H groups in total. The summed E-state index contributed by atoms with van der Waals surface area (Å²) in [4.78, 5) is 15.2. The Bertz CT molecular complexity index is 2190. The second kappa shape index (κ2) is 11.3. The van der Waals surface area contributed by atoms with Gasteiger partial charge >= 0.3 is 6.92 Å². The van der Waals surface area contributed by atoms with Gasteiger partial charge in [0.05, 0.1) is 5.60 Å². The molecule has 0 bridgehead atoms. The highest BCUT2D eigenvalue weighted by molar-refractivity contribution is 6.68. The molecule has 228 valence electrons. The van der Waals surface area contributed by atoms with Crippen LogP contribution in [0.2, 0.25) is 6.32 Å². The zero-order chi connectivity index (χ0) is 32.2. The number of nitrogens with zero attached hydrogens (tertiary/aromatic N) is 3. The summed E-state index contributed by atoms with van der Waals surface area (Å²) in [7, 11) is 0. The lowest BCUT2D eigenvalue weighted by Gasteiger charge is -2.34. The molecule has 2 heterocycles. The summed E-state index contributed by atoms with van der Waals surface area (Å²) in [5, 5.41) is 4.92. The quantitative estimate of drug-likeness (QED) is 0.144. The second-order valence-electron chi connectivity index (χ2n) is 13.8. The topological polar surface area (TPSA) is 47.9 Å². The third-order valence-electron chi connectivity index (χ3n) is 10.1. The van der Waals surface area contributed by atoms with Crippen LogP contribution >= 0.6 is 0 Å². The van der Waals surface area contributed by atoms with Gasteiger partial charge in [0.1, 0.15) is 0 Å². The van der Waals surface area contributed by atoms with Crippen LogP contribution in [0.5, 0.6) is 0 Å². The zero-order valence-corrected chi connectivity index (χ0v) is 27.2. The Kier molecular flexibility index (Phi) is 7.03. The van der Waals surface area contributed by atoms with Gasteiger partial charge in [-0.1, -0.05) is 135 Å². The minimum atomic E-state index is -0.266. The Labute approximate surface area is 276 Å². The molecule has 1 saturated heterocycles. The summed E-state index contributed by atoms with van der Waals surface area (Å²) in [5.41, 5.74) is 6.03. The van der Waals surface area contributed by atoms with Crippen molar-refractivity contribution in [3.8, 4) is 45.3 Å². The van der Waals surface area contributed by atoms with Gasteiger partial charge in [-0.2, -0.15) is 0 Å². The highest BCUT2D eigenvalue weighted by Gasteiger charge is 2.50. The predicted octanol–water partition coefficient (Wildman–Crippen LogP) is 9.88. The molecule has 0 unspecified atom stereocenters. The molecule has 1 aliphatic heterocycles. The lowest BCUT2D eigenvalue weighted by atomic mass is 9.54. The van der Waals surface area contributed by atoms with Crippen LogP contribution in [-0.4, -0.2) is 27.5 Å². The fraction of sp³-hybridized carbons (Fsp3) is 0.167. The van der Waals surface area contributed by atoms with E-state index in [9.17, 15) is 0 Å². The fourth-order valence-corrected chi connectivity index (χ4v) is 6.80. The summed E-state index contributed by atoms with van der Waals surface area (Å²) < 4.78 is 6.82. The van der Waals surface area contributed by atoms with Gasteiger partial charge in [-0.25, -0.2) is 15.0 Å². The molecule has 0 spiro atoms. The first kappa shape index (κ1) is 29.3. The van der Waals surface area contributed by atoms with Crippen LogP contribution < -0.4 is 5.46 Å². The van der Waals surface area contributed by atoms with Crippen LogP contribution in [0.4, 0.5) is 0 Å². The number of hydrogen-bond acceptors (Lipinski definition) is 4. The summed E-state index contributed by atoms with van der Waals surface area (Å²) in [6, 6.07) is 46.7. The van der Waals surface area contributed by atoms with Gasteiger partial charge in [0.15, 0.2) is 17.5 Å². The molecule has 8 rings (SSSR count). The average Bonchev–Trinajstić information content (AvgIpc) is 3.34. The summed E-state index contributed by atoms with van der Waals surface area (Å²) in [6.07, 6.45) is 0.920. The van der Waals surface area contributed by atoms with Gasteiger partial charge in [0, 0.05) is 16.7 Å². The lowest BCUT2D eigenvalue weighted by molar-refractivity contribution is 0.0375. The van der Waals surface area contributed by atoms with Crippen molar-refractivity contribution in [3.05, 3.63) is 133 Å². The van der Waals surface area contributed by atoms with Gasteiger partial charge in [0.25, 0.3) is 0 Å². The van der Waals surface area contributed by atoms with Crippen molar-refractivity contribution in [2.75, 3.05) is 0 Å². The smallest absolute Gasteiger partial charge is 0.328 e. The first-order valence-electron chi connectivity index (χ1n) is 16.4. The normalized spacial score (nSPS) is 15.4. The van der Waals surface area contributed by atoms with E-state index in [2.05, 4.69) is 100 Å². The Morgan fingerprint density at radius 3 is 1.62 bits per heavy atom. The van der Waals surface area contributed by atoms with Gasteiger partial charge in [0.2, 0.25) is 0 Å². The van der Waals surface area contributed by atoms with E-state index in [1.165, 1.54) is 27.1 Å². The maximum Gasteiger partial charge on any atom is 0.328 e. The Morgan fingerprint density at radius 1 is 0.511 bits per heavy atom. The van der Waals surface area contributed by atoms with Crippen LogP contribution in [0.3, 0.4) is 0 Å². The molecule has 1 aromatic heterocycles. The minimum absolute atomic E-state index is 0.0115. The molecule has 1 aliphatic rings. The molecule has 0 radical (unpaired) electrons. The van der Waals surface area contributed by atoms with E-state index in [0.29, 0.717) is 17.5 Å². The van der Waals surface area contributed by atoms with E-state index < -0.39 is 0 Å². The van der Waals surface area contributed by atoms with E-state index in [0.717, 1.165) is 34.0 Å². The third-order valence-corrected chi connectivity index (χ3v) is 10.1. The molecule has 4 nitrogen and oxygen atoms in total. The largest absolute Gasteiger partial charge is 0.426 e. The minimum Gasteiger partial charge on any atom is -0.426 e. The molecule has 0 aliphatic carbocycles. The van der Waals surface area contributed by atoms with Crippen molar-refractivity contribution in [2.24, 2.45) is 5.41 Å². The van der Waals surface area contributed by atoms with Gasteiger partial charge in [-0.05, 0) is 75.8 Å². The van der Waals surface area contributed by atoms with Crippen molar-refractivity contribution >= 4 is 33.9 Å². The Morgan fingerprint density at radius 2 is 1.02 bits per heavy atom. The lowest BCUT2D eigenvalue weighted by Crippen LogP contribution is -2.36. The SMILES string of the molecule is CC1(C)CB(c2cc(-c3nc(-c4ccccc4)nc(-c4ccccc4)n3)cc(-c3cc4ccccc4c4ccccc34)c2)OC1(C)C. The highest BCUT2D eigenvalue weighted by Crippen LogP contribution is 2.45. The molecule has 0 saturated carbocycles. The van der Waals surface area contributed by atoms with Gasteiger partial charge < -0.3 is 4.65 Å². The number of rotatable bonds is 5. The van der Waals surface area contributed by atoms with Crippen molar-refractivity contribution in [1.29, 1.82) is 0 Å². The van der Waals surface area contributed by atoms with Crippen molar-refractivity contribution < 1.29 is 4.65 Å². The maximum atomic E-state index is 6.82. The predicted molar refractivity (Wildman–Crippen MR) is 196 cm³/mol. The fourth-order valence-electron chi connectivity index (χ4n) is 6.80. The van der Waals surface area contributed by atoms with Crippen LogP contribution in [0, 0.1) is 5.41 Å². The standard InChI is InChI=1S/C42H36BN3O/c1-41(2)27-43(47-42(41,3)4)33-24-31(37-26-30-19-11-12-20-34(30)35-21-13-14-22-36(35)37)23-32(25-33)40-45-38(28-15-7-5-8-16-28)44-39(46-40)29-17-9-6-10-18-29/h5-26H,27H2,1-4H3. The first-order chi connectivity index (χ1) is 22.8. The van der Waals surface area contributed by atoms with E-state index in [1.54, 1.807) is 0 Å². The molecule has 1 fully saturated rings. The highest BCUT2D eigenvalue weighted by atomic mass is 16.5. The van der Waals surface area contributed by atoms with Crippen molar-refractivity contribution in [2.45, 2.75) is 39.6 Å². The van der Waals surface area contributed by atoms with Gasteiger partial charge in [-0.15, -0.1) is 0 Å². The van der Waals surface area contributed by atoms with Crippen molar-refractivity contribution in [3.63, 3.8) is 0 Å². The number of benzene rings is 6. The summed E-state index contributed by atoms with van der Waals surface area (Å²) in [5.74, 6) is 1.94. The number of fused-ring (bicyclic) bond motifs is 3. The molecule has 0 atom stereocenters. The first-order valence-corrected chi connectivity index (χ1v) is 16.4. The molecular formula is C42H36BN3O. The molecule has 7 aromatic rings. The number of aromatic nitrogens is 3. The van der Waals surface area contributed by atoms with E-state index in [1.807, 2.05) is 60.7 Å². The molecular weight excluding hydrogens is 573 g/mol. The average molecular weight is 610 g/mol. The van der Waals surface area contributed by atoms with Gasteiger partial charge in [-0.3, -0.25) is 0 Å². The summed E-state index contributed by atoms with van der Waals surface area (Å²) in [6.45, 7) is 8.96. The second-order valence-corrected chi connectivity index (χ2v) is 13.8. The monoisotopic (exact) mass is 609 g/mol. The third kappa shape index (κ3) is 5.31. The molecule has 5 heteroatoms. The van der Waals surface area contributed by atoms with Crippen LogP contribution in [0.15, 0.2) is 133 Å². The van der Waals surface area contributed by atoms with Crippen LogP contribution in [0.25, 0.3) is 66.8 Å². The Hall–Kier alpha value is -5.13. The molecule has 6 aromatic carbocycles. The van der Waals surface area contributed by atoms with Crippen molar-refractivity contribution in [1.82, 2.24) is 15.0 Å².